The molecule has 0 radical (unpaired) electrons. The Labute approximate surface area is 171 Å². The van der Waals surface area contributed by atoms with E-state index in [0.29, 0.717) is 22.7 Å². The van der Waals surface area contributed by atoms with Gasteiger partial charge in [-0.1, -0.05) is 19.1 Å². The standard InChI is InChI=1S/C24H26N2O3/c1-5-18-6-10-20(11-7-18)29-21-12-8-19(9-13-21)26-24(27)22-14-15-23(17(3)28-4)25-16(22)2/h6-15,17H,5H2,1-4H3,(H,26,27). The van der Waals surface area contributed by atoms with Crippen molar-refractivity contribution in [1.82, 2.24) is 4.98 Å². The van der Waals surface area contributed by atoms with Gasteiger partial charge in [-0.25, -0.2) is 0 Å². The molecule has 3 rings (SSSR count). The fourth-order valence-electron chi connectivity index (χ4n) is 2.90. The first-order chi connectivity index (χ1) is 14.0. The number of hydrogen-bond donors (Lipinski definition) is 1. The van der Waals surface area contributed by atoms with Gasteiger partial charge in [-0.2, -0.15) is 0 Å². The molecule has 5 heteroatoms. The Kier molecular flexibility index (Phi) is 6.62. The van der Waals surface area contributed by atoms with E-state index in [1.54, 1.807) is 13.2 Å². The van der Waals surface area contributed by atoms with Crippen molar-refractivity contribution < 1.29 is 14.3 Å². The van der Waals surface area contributed by atoms with E-state index < -0.39 is 0 Å². The molecule has 1 aromatic heterocycles. The summed E-state index contributed by atoms with van der Waals surface area (Å²) < 4.78 is 11.1. The van der Waals surface area contributed by atoms with Gasteiger partial charge in [-0.05, 0) is 74.4 Å². The Bertz CT molecular complexity index is 966. The lowest BCUT2D eigenvalue weighted by Crippen LogP contribution is -2.15. The molecule has 2 aromatic carbocycles. The zero-order valence-electron chi connectivity index (χ0n) is 17.2. The molecular formula is C24H26N2O3. The molecule has 1 atom stereocenters. The fraction of sp³-hybridized carbons (Fsp3) is 0.250. The summed E-state index contributed by atoms with van der Waals surface area (Å²) in [5, 5.41) is 2.90. The minimum atomic E-state index is -0.199. The number of carbonyl (C=O) groups is 1. The van der Waals surface area contributed by atoms with Crippen LogP contribution in [0.1, 0.15) is 47.3 Å². The number of methoxy groups -OCH3 is 1. The Hall–Kier alpha value is -3.18. The minimum Gasteiger partial charge on any atom is -0.457 e. The first-order valence-electron chi connectivity index (χ1n) is 9.68. The van der Waals surface area contributed by atoms with Gasteiger partial charge in [0.25, 0.3) is 5.91 Å². The van der Waals surface area contributed by atoms with Gasteiger partial charge in [-0.15, -0.1) is 0 Å². The summed E-state index contributed by atoms with van der Waals surface area (Å²) in [4.78, 5) is 17.1. The normalized spacial score (nSPS) is 11.7. The summed E-state index contributed by atoms with van der Waals surface area (Å²) in [5.41, 5.74) is 3.96. The van der Waals surface area contributed by atoms with Crippen LogP contribution < -0.4 is 10.1 Å². The molecule has 0 bridgehead atoms. The molecule has 0 spiro atoms. The van der Waals surface area contributed by atoms with Gasteiger partial charge in [0.15, 0.2) is 0 Å². The third kappa shape index (κ3) is 5.21. The summed E-state index contributed by atoms with van der Waals surface area (Å²) in [7, 11) is 1.63. The predicted molar refractivity (Wildman–Crippen MR) is 115 cm³/mol. The second kappa shape index (κ2) is 9.34. The average molecular weight is 390 g/mol. The molecule has 3 aromatic rings. The molecule has 5 nitrogen and oxygen atoms in total. The van der Waals surface area contributed by atoms with E-state index in [0.717, 1.165) is 17.9 Å². The Balaban J connectivity index is 1.65. The number of nitrogens with one attached hydrogen (secondary N) is 1. The van der Waals surface area contributed by atoms with Gasteiger partial charge in [0.1, 0.15) is 11.5 Å². The van der Waals surface area contributed by atoms with E-state index >= 15 is 0 Å². The largest absolute Gasteiger partial charge is 0.457 e. The van der Waals surface area contributed by atoms with E-state index in [2.05, 4.69) is 29.4 Å². The molecule has 0 aliphatic rings. The maximum atomic E-state index is 12.6. The number of amides is 1. The number of pyridine rings is 1. The van der Waals surface area contributed by atoms with Crippen LogP contribution in [0.5, 0.6) is 11.5 Å². The monoisotopic (exact) mass is 390 g/mol. The van der Waals surface area contributed by atoms with Crippen molar-refractivity contribution in [3.63, 3.8) is 0 Å². The topological polar surface area (TPSA) is 60.5 Å². The third-order valence-corrected chi connectivity index (χ3v) is 4.80. The maximum Gasteiger partial charge on any atom is 0.257 e. The second-order valence-corrected chi connectivity index (χ2v) is 6.83. The van der Waals surface area contributed by atoms with Gasteiger partial charge in [0, 0.05) is 12.8 Å². The predicted octanol–water partition coefficient (Wildman–Crippen LogP) is 5.70. The van der Waals surface area contributed by atoms with E-state index in [1.807, 2.05) is 56.3 Å². The smallest absolute Gasteiger partial charge is 0.257 e. The van der Waals surface area contributed by atoms with Crippen LogP contribution in [0.4, 0.5) is 5.69 Å². The van der Waals surface area contributed by atoms with Gasteiger partial charge in [0.2, 0.25) is 0 Å². The van der Waals surface area contributed by atoms with Crippen LogP contribution in [0.15, 0.2) is 60.7 Å². The van der Waals surface area contributed by atoms with E-state index in [9.17, 15) is 4.79 Å². The Morgan fingerprint density at radius 2 is 1.62 bits per heavy atom. The Morgan fingerprint density at radius 3 is 2.17 bits per heavy atom. The number of rotatable bonds is 7. The zero-order valence-corrected chi connectivity index (χ0v) is 17.2. The van der Waals surface area contributed by atoms with Crippen LogP contribution in [0.25, 0.3) is 0 Å². The molecular weight excluding hydrogens is 364 g/mol. The quantitative estimate of drug-likeness (QED) is 0.562. The Morgan fingerprint density at radius 1 is 1.00 bits per heavy atom. The zero-order chi connectivity index (χ0) is 20.8. The van der Waals surface area contributed by atoms with Gasteiger partial charge in [0.05, 0.1) is 23.1 Å². The average Bonchev–Trinajstić information content (AvgIpc) is 2.75. The van der Waals surface area contributed by atoms with E-state index in [4.69, 9.17) is 9.47 Å². The third-order valence-electron chi connectivity index (χ3n) is 4.80. The number of benzene rings is 2. The van der Waals surface area contributed by atoms with E-state index in [-0.39, 0.29) is 12.0 Å². The number of hydrogen-bond acceptors (Lipinski definition) is 4. The van der Waals surface area contributed by atoms with Gasteiger partial charge < -0.3 is 14.8 Å². The highest BCUT2D eigenvalue weighted by Gasteiger charge is 2.13. The lowest BCUT2D eigenvalue weighted by molar-refractivity contribution is 0.102. The van der Waals surface area contributed by atoms with Crippen LogP contribution in [0.3, 0.4) is 0 Å². The molecule has 0 aliphatic carbocycles. The van der Waals surface area contributed by atoms with Crippen molar-refractivity contribution in [2.24, 2.45) is 0 Å². The van der Waals surface area contributed by atoms with Crippen LogP contribution in [-0.2, 0) is 11.2 Å². The fourth-order valence-corrected chi connectivity index (χ4v) is 2.90. The highest BCUT2D eigenvalue weighted by molar-refractivity contribution is 6.05. The molecule has 1 amide bonds. The minimum absolute atomic E-state index is 0.114. The highest BCUT2D eigenvalue weighted by atomic mass is 16.5. The molecule has 0 aliphatic heterocycles. The molecule has 0 fully saturated rings. The number of aromatic nitrogens is 1. The lowest BCUT2D eigenvalue weighted by Gasteiger charge is -2.12. The lowest BCUT2D eigenvalue weighted by atomic mass is 10.1. The van der Waals surface area contributed by atoms with Crippen LogP contribution in [0, 0.1) is 6.92 Å². The van der Waals surface area contributed by atoms with Crippen molar-refractivity contribution >= 4 is 11.6 Å². The number of aryl methyl sites for hydroxylation is 2. The summed E-state index contributed by atoms with van der Waals surface area (Å²) in [6.07, 6.45) is 0.883. The van der Waals surface area contributed by atoms with Crippen molar-refractivity contribution in [1.29, 1.82) is 0 Å². The van der Waals surface area contributed by atoms with Gasteiger partial charge >= 0.3 is 0 Å². The molecule has 0 saturated carbocycles. The summed E-state index contributed by atoms with van der Waals surface area (Å²) in [5.74, 6) is 1.30. The molecule has 0 saturated heterocycles. The van der Waals surface area contributed by atoms with Crippen molar-refractivity contribution in [3.05, 3.63) is 83.2 Å². The first-order valence-corrected chi connectivity index (χ1v) is 9.68. The number of anilines is 1. The van der Waals surface area contributed by atoms with Crippen molar-refractivity contribution in [2.45, 2.75) is 33.3 Å². The SMILES string of the molecule is CCc1ccc(Oc2ccc(NC(=O)c3ccc(C(C)OC)nc3C)cc2)cc1. The van der Waals surface area contributed by atoms with Crippen molar-refractivity contribution in [2.75, 3.05) is 12.4 Å². The number of carbonyl (C=O) groups excluding carboxylic acids is 1. The molecule has 1 N–H and O–H groups in total. The van der Waals surface area contributed by atoms with Crippen LogP contribution in [-0.4, -0.2) is 18.0 Å². The number of nitrogens with zero attached hydrogens (tertiary/aromatic N) is 1. The molecule has 1 unspecified atom stereocenters. The molecule has 29 heavy (non-hydrogen) atoms. The summed E-state index contributed by atoms with van der Waals surface area (Å²) in [6, 6.07) is 18.9. The maximum absolute atomic E-state index is 12.6. The van der Waals surface area contributed by atoms with Crippen molar-refractivity contribution in [3.8, 4) is 11.5 Å². The summed E-state index contributed by atoms with van der Waals surface area (Å²) >= 11 is 0. The molecule has 150 valence electrons. The van der Waals surface area contributed by atoms with Crippen LogP contribution >= 0.6 is 0 Å². The highest BCUT2D eigenvalue weighted by Crippen LogP contribution is 2.24. The molecule has 1 heterocycles. The first kappa shape index (κ1) is 20.6. The van der Waals surface area contributed by atoms with E-state index in [1.165, 1.54) is 5.56 Å². The van der Waals surface area contributed by atoms with Crippen LogP contribution in [0.2, 0.25) is 0 Å². The second-order valence-electron chi connectivity index (χ2n) is 6.83. The van der Waals surface area contributed by atoms with Gasteiger partial charge in [-0.3, -0.25) is 9.78 Å². The summed E-state index contributed by atoms with van der Waals surface area (Å²) in [6.45, 7) is 5.86. The number of ether oxygens (including phenoxy) is 2.